The minimum absolute atomic E-state index is 0.0600. The highest BCUT2D eigenvalue weighted by Gasteiger charge is 2.17. The van der Waals surface area contributed by atoms with Crippen molar-refractivity contribution in [3.05, 3.63) is 29.3 Å². The van der Waals surface area contributed by atoms with Gasteiger partial charge in [-0.05, 0) is 12.1 Å². The quantitative estimate of drug-likeness (QED) is 0.866. The second-order valence-corrected chi connectivity index (χ2v) is 7.86. The van der Waals surface area contributed by atoms with Gasteiger partial charge in [-0.15, -0.1) is 0 Å². The third-order valence-corrected chi connectivity index (χ3v) is 4.80. The largest absolute Gasteiger partial charge is 0.242 e. The maximum absolute atomic E-state index is 11.7. The topological polar surface area (TPSA) is 80.3 Å². The van der Waals surface area contributed by atoms with E-state index in [0.717, 1.165) is 6.26 Å². The molecule has 8 heteroatoms. The van der Waals surface area contributed by atoms with E-state index < -0.39 is 19.9 Å². The Kier molecular flexibility index (Phi) is 4.54. The molecule has 1 rings (SSSR count). The number of sulfonamides is 1. The molecule has 0 fully saturated rings. The van der Waals surface area contributed by atoms with Crippen LogP contribution >= 0.6 is 11.6 Å². The first-order chi connectivity index (χ1) is 7.72. The van der Waals surface area contributed by atoms with Crippen LogP contribution in [0.1, 0.15) is 0 Å². The molecule has 0 unspecified atom stereocenters. The molecule has 96 valence electrons. The molecule has 0 aliphatic carbocycles. The van der Waals surface area contributed by atoms with E-state index in [4.69, 9.17) is 11.6 Å². The molecule has 17 heavy (non-hydrogen) atoms. The summed E-state index contributed by atoms with van der Waals surface area (Å²) in [7, 11) is -6.96. The van der Waals surface area contributed by atoms with Crippen LogP contribution in [-0.4, -0.2) is 35.4 Å². The highest BCUT2D eigenvalue weighted by atomic mass is 35.5. The molecule has 5 nitrogen and oxygen atoms in total. The van der Waals surface area contributed by atoms with Crippen molar-refractivity contribution in [2.24, 2.45) is 0 Å². The van der Waals surface area contributed by atoms with Gasteiger partial charge in [0.25, 0.3) is 0 Å². The van der Waals surface area contributed by atoms with Gasteiger partial charge < -0.3 is 0 Å². The molecule has 0 aliphatic rings. The van der Waals surface area contributed by atoms with Gasteiger partial charge in [-0.1, -0.05) is 23.7 Å². The predicted molar refractivity (Wildman–Crippen MR) is 66.4 cm³/mol. The summed E-state index contributed by atoms with van der Waals surface area (Å²) in [6, 6.07) is 5.95. The van der Waals surface area contributed by atoms with E-state index >= 15 is 0 Å². The Hall–Kier alpha value is -0.630. The predicted octanol–water partition coefficient (Wildman–Crippen LogP) is 0.663. The molecule has 1 aromatic rings. The van der Waals surface area contributed by atoms with E-state index in [9.17, 15) is 16.8 Å². The van der Waals surface area contributed by atoms with Gasteiger partial charge in [0, 0.05) is 12.8 Å². The zero-order valence-electron chi connectivity index (χ0n) is 9.05. The molecule has 0 bridgehead atoms. The normalized spacial score (nSPS) is 12.6. The second-order valence-electron chi connectivity index (χ2n) is 3.46. The fourth-order valence-corrected chi connectivity index (χ4v) is 3.25. The summed E-state index contributed by atoms with van der Waals surface area (Å²) in [5.74, 6) is -0.253. The fourth-order valence-electron chi connectivity index (χ4n) is 1.10. The van der Waals surface area contributed by atoms with Gasteiger partial charge in [0.2, 0.25) is 10.0 Å². The summed E-state index contributed by atoms with van der Waals surface area (Å²) in [5, 5.41) is 0.0966. The van der Waals surface area contributed by atoms with E-state index in [2.05, 4.69) is 4.72 Å². The summed E-state index contributed by atoms with van der Waals surface area (Å²) in [6.45, 7) is -0.174. The molecular formula is C9H12ClNO4S2. The molecule has 0 saturated heterocycles. The number of sulfone groups is 1. The molecule has 0 aromatic heterocycles. The van der Waals surface area contributed by atoms with Crippen LogP contribution < -0.4 is 4.72 Å². The average Bonchev–Trinajstić information content (AvgIpc) is 2.15. The molecule has 0 atom stereocenters. The lowest BCUT2D eigenvalue weighted by Gasteiger charge is -2.07. The molecular weight excluding hydrogens is 286 g/mol. The van der Waals surface area contributed by atoms with Crippen LogP contribution in [0.3, 0.4) is 0 Å². The van der Waals surface area contributed by atoms with Crippen molar-refractivity contribution in [3.8, 4) is 0 Å². The lowest BCUT2D eigenvalue weighted by molar-refractivity contribution is 0.582. The molecule has 0 radical (unpaired) electrons. The van der Waals surface area contributed by atoms with Gasteiger partial charge in [0.15, 0.2) is 0 Å². The Morgan fingerprint density at radius 3 is 2.29 bits per heavy atom. The lowest BCUT2D eigenvalue weighted by Crippen LogP contribution is -2.29. The number of benzene rings is 1. The highest BCUT2D eigenvalue weighted by Crippen LogP contribution is 2.19. The first-order valence-corrected chi connectivity index (χ1v) is 8.56. The third kappa shape index (κ3) is 4.63. The Morgan fingerprint density at radius 2 is 1.76 bits per heavy atom. The van der Waals surface area contributed by atoms with Crippen molar-refractivity contribution in [1.82, 2.24) is 4.72 Å². The number of hydrogen-bond donors (Lipinski definition) is 1. The van der Waals surface area contributed by atoms with Crippen molar-refractivity contribution in [1.29, 1.82) is 0 Å². The van der Waals surface area contributed by atoms with Crippen LogP contribution in [0.15, 0.2) is 29.2 Å². The van der Waals surface area contributed by atoms with Gasteiger partial charge in [0.1, 0.15) is 14.7 Å². The highest BCUT2D eigenvalue weighted by molar-refractivity contribution is 7.91. The van der Waals surface area contributed by atoms with Gasteiger partial charge in [-0.25, -0.2) is 21.6 Å². The minimum Gasteiger partial charge on any atom is -0.229 e. The second kappa shape index (κ2) is 5.34. The van der Waals surface area contributed by atoms with Crippen molar-refractivity contribution < 1.29 is 16.8 Å². The number of halogens is 1. The van der Waals surface area contributed by atoms with E-state index in [0.29, 0.717) is 0 Å². The van der Waals surface area contributed by atoms with Gasteiger partial charge in [-0.2, -0.15) is 0 Å². The molecule has 1 aromatic carbocycles. The van der Waals surface area contributed by atoms with E-state index in [1.807, 2.05) is 0 Å². The summed E-state index contributed by atoms with van der Waals surface area (Å²) >= 11 is 5.74. The zero-order chi connectivity index (χ0) is 13.1. The van der Waals surface area contributed by atoms with Gasteiger partial charge in [0.05, 0.1) is 10.8 Å². The summed E-state index contributed by atoms with van der Waals surface area (Å²) in [4.78, 5) is -0.0600. The summed E-state index contributed by atoms with van der Waals surface area (Å²) < 4.78 is 47.4. The summed E-state index contributed by atoms with van der Waals surface area (Å²) in [6.07, 6.45) is 1.04. The van der Waals surface area contributed by atoms with Crippen LogP contribution in [0.5, 0.6) is 0 Å². The molecule has 0 amide bonds. The van der Waals surface area contributed by atoms with Crippen LogP contribution in [-0.2, 0) is 19.9 Å². The Bertz CT molecular complexity index is 595. The maximum Gasteiger partial charge on any atom is 0.242 e. The Labute approximate surface area is 106 Å². The molecule has 0 spiro atoms. The Morgan fingerprint density at radius 1 is 1.18 bits per heavy atom. The SMILES string of the molecule is CS(=O)(=O)CCNS(=O)(=O)c1ccccc1Cl. The van der Waals surface area contributed by atoms with E-state index in [-0.39, 0.29) is 22.2 Å². The Balaban J connectivity index is 2.81. The minimum atomic E-state index is -3.76. The lowest BCUT2D eigenvalue weighted by atomic mass is 10.4. The van der Waals surface area contributed by atoms with E-state index in [1.165, 1.54) is 18.2 Å². The molecule has 0 saturated carbocycles. The monoisotopic (exact) mass is 297 g/mol. The van der Waals surface area contributed by atoms with Crippen molar-refractivity contribution in [2.75, 3.05) is 18.6 Å². The summed E-state index contributed by atoms with van der Waals surface area (Å²) in [5.41, 5.74) is 0. The molecule has 1 N–H and O–H groups in total. The van der Waals surface area contributed by atoms with Crippen LogP contribution in [0.2, 0.25) is 5.02 Å². The number of nitrogens with one attached hydrogen (secondary N) is 1. The third-order valence-electron chi connectivity index (χ3n) is 1.89. The maximum atomic E-state index is 11.7. The van der Waals surface area contributed by atoms with Gasteiger partial charge >= 0.3 is 0 Å². The molecule has 0 heterocycles. The fraction of sp³-hybridized carbons (Fsp3) is 0.333. The number of rotatable bonds is 5. The molecule has 0 aliphatic heterocycles. The van der Waals surface area contributed by atoms with Crippen molar-refractivity contribution >= 4 is 31.5 Å². The first kappa shape index (κ1) is 14.4. The average molecular weight is 298 g/mol. The van der Waals surface area contributed by atoms with Crippen LogP contribution in [0, 0.1) is 0 Å². The van der Waals surface area contributed by atoms with Crippen molar-refractivity contribution in [2.45, 2.75) is 4.90 Å². The van der Waals surface area contributed by atoms with Crippen LogP contribution in [0.4, 0.5) is 0 Å². The van der Waals surface area contributed by atoms with Crippen LogP contribution in [0.25, 0.3) is 0 Å². The first-order valence-electron chi connectivity index (χ1n) is 4.64. The smallest absolute Gasteiger partial charge is 0.229 e. The van der Waals surface area contributed by atoms with Gasteiger partial charge in [-0.3, -0.25) is 0 Å². The standard InChI is InChI=1S/C9H12ClNO4S2/c1-16(12,13)7-6-11-17(14,15)9-5-3-2-4-8(9)10/h2-5,11H,6-7H2,1H3. The number of hydrogen-bond acceptors (Lipinski definition) is 4. The van der Waals surface area contributed by atoms with Crippen molar-refractivity contribution in [3.63, 3.8) is 0 Å². The van der Waals surface area contributed by atoms with E-state index in [1.54, 1.807) is 6.07 Å². The zero-order valence-corrected chi connectivity index (χ0v) is 11.4.